The van der Waals surface area contributed by atoms with Crippen molar-refractivity contribution in [2.24, 2.45) is 5.73 Å². The van der Waals surface area contributed by atoms with E-state index in [-0.39, 0.29) is 0 Å². The zero-order chi connectivity index (χ0) is 11.7. The quantitative estimate of drug-likeness (QED) is 0.872. The fourth-order valence-electron chi connectivity index (χ4n) is 1.27. The van der Waals surface area contributed by atoms with Crippen molar-refractivity contribution >= 4 is 33.3 Å². The third kappa shape index (κ3) is 1.99. The average molecular weight is 284 g/mol. The molecule has 3 N–H and O–H groups in total. The van der Waals surface area contributed by atoms with Gasteiger partial charge in [0.05, 0.1) is 0 Å². The van der Waals surface area contributed by atoms with Gasteiger partial charge in [0.15, 0.2) is 11.5 Å². The van der Waals surface area contributed by atoms with Gasteiger partial charge in [0.1, 0.15) is 10.6 Å². The fourth-order valence-corrected chi connectivity index (χ4v) is 1.67. The van der Waals surface area contributed by atoms with Crippen molar-refractivity contribution in [2.75, 3.05) is 5.32 Å². The van der Waals surface area contributed by atoms with Crippen LogP contribution in [-0.4, -0.2) is 26.3 Å². The lowest BCUT2D eigenvalue weighted by molar-refractivity contribution is -0.118. The molecule has 2 heterocycles. The first-order valence-electron chi connectivity index (χ1n) is 4.63. The minimum absolute atomic E-state index is 0.438. The van der Waals surface area contributed by atoms with Crippen LogP contribution in [0.4, 0.5) is 5.82 Å². The predicted octanol–water partition coefficient (Wildman–Crippen LogP) is 0.777. The highest BCUT2D eigenvalue weighted by Crippen LogP contribution is 2.17. The Morgan fingerprint density at radius 3 is 3.12 bits per heavy atom. The van der Waals surface area contributed by atoms with Crippen LogP contribution in [0.25, 0.3) is 5.65 Å². The number of nitrogens with two attached hydrogens (primary N) is 1. The van der Waals surface area contributed by atoms with Gasteiger partial charge in [-0.2, -0.15) is 0 Å². The van der Waals surface area contributed by atoms with Gasteiger partial charge in [-0.25, -0.2) is 9.97 Å². The molecule has 7 heteroatoms. The third-order valence-electron chi connectivity index (χ3n) is 2.12. The monoisotopic (exact) mass is 283 g/mol. The van der Waals surface area contributed by atoms with Gasteiger partial charge in [-0.05, 0) is 22.9 Å². The summed E-state index contributed by atoms with van der Waals surface area (Å²) in [5.74, 6) is 0.0807. The largest absolute Gasteiger partial charge is 0.368 e. The lowest BCUT2D eigenvalue weighted by Gasteiger charge is -2.11. The third-order valence-corrected chi connectivity index (χ3v) is 2.51. The van der Waals surface area contributed by atoms with E-state index in [0.29, 0.717) is 16.1 Å². The number of primary amides is 1. The fraction of sp³-hybridized carbons (Fsp3) is 0.222. The number of hydrogen-bond donors (Lipinski definition) is 2. The van der Waals surface area contributed by atoms with Crippen LogP contribution in [0, 0.1) is 0 Å². The van der Waals surface area contributed by atoms with Crippen molar-refractivity contribution in [1.82, 2.24) is 14.4 Å². The van der Waals surface area contributed by atoms with Gasteiger partial charge in [-0.1, -0.05) is 0 Å². The SMILES string of the molecule is CC(Nc1nc(Br)cn2ccnc12)C(N)=O. The number of rotatable bonds is 3. The van der Waals surface area contributed by atoms with E-state index in [2.05, 4.69) is 31.2 Å². The topological polar surface area (TPSA) is 85.3 Å². The Morgan fingerprint density at radius 1 is 1.69 bits per heavy atom. The predicted molar refractivity (Wildman–Crippen MR) is 63.0 cm³/mol. The Morgan fingerprint density at radius 2 is 2.44 bits per heavy atom. The molecule has 0 bridgehead atoms. The van der Waals surface area contributed by atoms with Gasteiger partial charge in [0.25, 0.3) is 0 Å². The molecule has 0 saturated carbocycles. The summed E-state index contributed by atoms with van der Waals surface area (Å²) < 4.78 is 2.45. The molecule has 0 aliphatic carbocycles. The van der Waals surface area contributed by atoms with Crippen molar-refractivity contribution < 1.29 is 4.79 Å². The van der Waals surface area contributed by atoms with Crippen LogP contribution in [0.15, 0.2) is 23.2 Å². The molecule has 2 rings (SSSR count). The van der Waals surface area contributed by atoms with Crippen LogP contribution in [-0.2, 0) is 4.79 Å². The van der Waals surface area contributed by atoms with E-state index in [1.165, 1.54) is 0 Å². The minimum Gasteiger partial charge on any atom is -0.368 e. The van der Waals surface area contributed by atoms with E-state index in [9.17, 15) is 4.79 Å². The van der Waals surface area contributed by atoms with E-state index in [0.717, 1.165) is 0 Å². The van der Waals surface area contributed by atoms with Crippen molar-refractivity contribution in [1.29, 1.82) is 0 Å². The van der Waals surface area contributed by atoms with E-state index in [1.807, 2.05) is 0 Å². The second kappa shape index (κ2) is 4.09. The molecule has 0 aliphatic rings. The number of aromatic nitrogens is 3. The summed E-state index contributed by atoms with van der Waals surface area (Å²) in [6.45, 7) is 1.67. The second-order valence-corrected chi connectivity index (χ2v) is 4.15. The molecule has 0 radical (unpaired) electrons. The number of anilines is 1. The maximum absolute atomic E-state index is 11.0. The molecule has 0 aliphatic heterocycles. The molecule has 84 valence electrons. The van der Waals surface area contributed by atoms with Crippen molar-refractivity contribution in [3.63, 3.8) is 0 Å². The number of hydrogen-bond acceptors (Lipinski definition) is 4. The summed E-state index contributed by atoms with van der Waals surface area (Å²) >= 11 is 3.28. The Balaban J connectivity index is 2.42. The van der Waals surface area contributed by atoms with Crippen LogP contribution in [0.2, 0.25) is 0 Å². The summed E-state index contributed by atoms with van der Waals surface area (Å²) in [5, 5.41) is 2.91. The maximum Gasteiger partial charge on any atom is 0.239 e. The first kappa shape index (κ1) is 10.9. The number of carbonyl (C=O) groups is 1. The number of fused-ring (bicyclic) bond motifs is 1. The van der Waals surface area contributed by atoms with Gasteiger partial charge < -0.3 is 15.5 Å². The second-order valence-electron chi connectivity index (χ2n) is 3.34. The molecule has 2 aromatic heterocycles. The summed E-state index contributed by atoms with van der Waals surface area (Å²) in [6.07, 6.45) is 5.23. The van der Waals surface area contributed by atoms with Gasteiger partial charge in [0.2, 0.25) is 5.91 Å². The number of carbonyl (C=O) groups excluding carboxylic acids is 1. The number of amides is 1. The molecule has 0 spiro atoms. The highest BCUT2D eigenvalue weighted by molar-refractivity contribution is 9.10. The molecule has 6 nitrogen and oxygen atoms in total. The minimum atomic E-state index is -0.498. The number of halogens is 1. The lowest BCUT2D eigenvalue weighted by atomic mass is 10.3. The summed E-state index contributed by atoms with van der Waals surface area (Å²) in [6, 6.07) is -0.498. The average Bonchev–Trinajstić information content (AvgIpc) is 2.65. The highest BCUT2D eigenvalue weighted by atomic mass is 79.9. The standard InChI is InChI=1S/C9H10BrN5O/c1-5(7(11)16)13-8-9-12-2-3-15(9)4-6(10)14-8/h2-5H,1H3,(H2,11,16)(H,13,14). The first-order valence-corrected chi connectivity index (χ1v) is 5.42. The normalized spacial score (nSPS) is 12.6. The Labute approximate surface area is 100 Å². The molecule has 2 aromatic rings. The van der Waals surface area contributed by atoms with Gasteiger partial charge in [-0.3, -0.25) is 4.79 Å². The Bertz CT molecular complexity index is 538. The zero-order valence-electron chi connectivity index (χ0n) is 8.51. The van der Waals surface area contributed by atoms with Crippen molar-refractivity contribution in [3.05, 3.63) is 23.2 Å². The Hall–Kier alpha value is -1.63. The van der Waals surface area contributed by atoms with E-state index in [1.54, 1.807) is 29.9 Å². The number of imidazole rings is 1. The van der Waals surface area contributed by atoms with E-state index in [4.69, 9.17) is 5.73 Å². The van der Waals surface area contributed by atoms with Crippen LogP contribution in [0.5, 0.6) is 0 Å². The molecule has 1 amide bonds. The smallest absolute Gasteiger partial charge is 0.239 e. The van der Waals surface area contributed by atoms with E-state index >= 15 is 0 Å². The molecule has 1 atom stereocenters. The van der Waals surface area contributed by atoms with Gasteiger partial charge >= 0.3 is 0 Å². The molecular formula is C9H10BrN5O. The van der Waals surface area contributed by atoms with E-state index < -0.39 is 11.9 Å². The molecule has 0 aromatic carbocycles. The summed E-state index contributed by atoms with van der Waals surface area (Å²) in [7, 11) is 0. The summed E-state index contributed by atoms with van der Waals surface area (Å²) in [5.41, 5.74) is 5.82. The van der Waals surface area contributed by atoms with Crippen molar-refractivity contribution in [3.8, 4) is 0 Å². The lowest BCUT2D eigenvalue weighted by Crippen LogP contribution is -2.33. The molecular weight excluding hydrogens is 274 g/mol. The van der Waals surface area contributed by atoms with Crippen LogP contribution in [0.1, 0.15) is 6.92 Å². The van der Waals surface area contributed by atoms with Crippen LogP contribution in [0.3, 0.4) is 0 Å². The first-order chi connectivity index (χ1) is 7.58. The molecule has 0 fully saturated rings. The number of nitrogens with zero attached hydrogens (tertiary/aromatic N) is 3. The molecule has 16 heavy (non-hydrogen) atoms. The van der Waals surface area contributed by atoms with Crippen LogP contribution < -0.4 is 11.1 Å². The summed E-state index contributed by atoms with van der Waals surface area (Å²) in [4.78, 5) is 19.3. The van der Waals surface area contributed by atoms with Crippen molar-refractivity contribution in [2.45, 2.75) is 13.0 Å². The highest BCUT2D eigenvalue weighted by Gasteiger charge is 2.12. The molecule has 0 saturated heterocycles. The maximum atomic E-state index is 11.0. The zero-order valence-corrected chi connectivity index (χ0v) is 10.1. The number of nitrogens with one attached hydrogen (secondary N) is 1. The molecule has 1 unspecified atom stereocenters. The Kier molecular flexibility index (Phi) is 2.78. The van der Waals surface area contributed by atoms with Crippen LogP contribution >= 0.6 is 15.9 Å². The van der Waals surface area contributed by atoms with Gasteiger partial charge in [-0.15, -0.1) is 0 Å². The van der Waals surface area contributed by atoms with Gasteiger partial charge in [0, 0.05) is 18.6 Å².